The molecule has 16 heavy (non-hydrogen) atoms. The quantitative estimate of drug-likeness (QED) is 0.623. The molecule has 1 aliphatic rings. The first-order valence-corrected chi connectivity index (χ1v) is 4.74. The summed E-state index contributed by atoms with van der Waals surface area (Å²) in [5, 5.41) is 10.5. The Morgan fingerprint density at radius 2 is 2.00 bits per heavy atom. The van der Waals surface area contributed by atoms with Crippen LogP contribution < -0.4 is 5.73 Å². The van der Waals surface area contributed by atoms with E-state index in [0.29, 0.717) is 5.56 Å². The summed E-state index contributed by atoms with van der Waals surface area (Å²) < 4.78 is 25.5. The fourth-order valence-corrected chi connectivity index (χ4v) is 2.00. The van der Waals surface area contributed by atoms with Gasteiger partial charge in [-0.1, -0.05) is 12.1 Å². The number of halogens is 2. The highest BCUT2D eigenvalue weighted by atomic mass is 19.3. The molecule has 1 fully saturated rings. The summed E-state index contributed by atoms with van der Waals surface area (Å²) in [6, 6.07) is 5.57. The van der Waals surface area contributed by atoms with Gasteiger partial charge in [-0.3, -0.25) is 10.1 Å². The zero-order valence-electron chi connectivity index (χ0n) is 8.32. The van der Waals surface area contributed by atoms with Crippen LogP contribution in [0.4, 0.5) is 14.5 Å². The minimum atomic E-state index is -2.75. The number of benzene rings is 1. The molecule has 0 aliphatic heterocycles. The van der Waals surface area contributed by atoms with Gasteiger partial charge in [-0.05, 0) is 5.56 Å². The predicted molar refractivity (Wildman–Crippen MR) is 53.1 cm³/mol. The summed E-state index contributed by atoms with van der Waals surface area (Å²) in [7, 11) is 0. The predicted octanol–water partition coefficient (Wildman–Crippen LogP) is 2.18. The average Bonchev–Trinajstić information content (AvgIpc) is 2.15. The Morgan fingerprint density at radius 3 is 2.50 bits per heavy atom. The zero-order chi connectivity index (χ0) is 12.0. The molecule has 1 aliphatic carbocycles. The molecule has 0 saturated heterocycles. The molecule has 0 unspecified atom stereocenters. The smallest absolute Gasteiger partial charge is 0.269 e. The Morgan fingerprint density at radius 1 is 1.38 bits per heavy atom. The number of nitro benzene ring substituents is 1. The van der Waals surface area contributed by atoms with Crippen molar-refractivity contribution in [3.05, 3.63) is 39.9 Å². The molecule has 0 heterocycles. The number of nitrogens with zero attached hydrogens (tertiary/aromatic N) is 1. The molecule has 4 nitrogen and oxygen atoms in total. The zero-order valence-corrected chi connectivity index (χ0v) is 8.32. The van der Waals surface area contributed by atoms with Gasteiger partial charge < -0.3 is 5.73 Å². The van der Waals surface area contributed by atoms with Gasteiger partial charge in [-0.15, -0.1) is 0 Å². The topological polar surface area (TPSA) is 69.2 Å². The van der Waals surface area contributed by atoms with Crippen molar-refractivity contribution in [2.45, 2.75) is 24.3 Å². The molecule has 1 saturated carbocycles. The Balaban J connectivity index is 2.29. The number of alkyl halides is 2. The van der Waals surface area contributed by atoms with Crippen molar-refractivity contribution in [2.24, 2.45) is 5.73 Å². The Labute approximate surface area is 90.2 Å². The minimum Gasteiger partial charge on any atom is -0.321 e. The summed E-state index contributed by atoms with van der Waals surface area (Å²) in [5.74, 6) is -2.75. The van der Waals surface area contributed by atoms with Crippen LogP contribution in [0.5, 0.6) is 0 Å². The average molecular weight is 228 g/mol. The molecule has 86 valence electrons. The Hall–Kier alpha value is -1.56. The standard InChI is InChI=1S/C10H10F2N2O2/c11-10(12)5-9(13,6-10)7-2-1-3-8(4-7)14(15)16/h1-4H,5-6,13H2. The van der Waals surface area contributed by atoms with E-state index >= 15 is 0 Å². The molecule has 1 aromatic rings. The van der Waals surface area contributed by atoms with Gasteiger partial charge >= 0.3 is 0 Å². The van der Waals surface area contributed by atoms with Crippen molar-refractivity contribution in [1.82, 2.24) is 0 Å². The maximum Gasteiger partial charge on any atom is 0.269 e. The first kappa shape index (κ1) is 10.9. The second-order valence-corrected chi connectivity index (χ2v) is 4.17. The number of hydrogen-bond acceptors (Lipinski definition) is 3. The highest BCUT2D eigenvalue weighted by Gasteiger charge is 2.55. The lowest BCUT2D eigenvalue weighted by molar-refractivity contribution is -0.385. The van der Waals surface area contributed by atoms with E-state index in [2.05, 4.69) is 0 Å². The molecule has 0 aromatic heterocycles. The molecule has 0 atom stereocenters. The monoisotopic (exact) mass is 228 g/mol. The Bertz CT molecular complexity index is 440. The first-order chi connectivity index (χ1) is 7.32. The van der Waals surface area contributed by atoms with E-state index in [1.807, 2.05) is 0 Å². The maximum absolute atomic E-state index is 12.8. The van der Waals surface area contributed by atoms with Gasteiger partial charge in [0.25, 0.3) is 11.6 Å². The van der Waals surface area contributed by atoms with Gasteiger partial charge in [0.05, 0.1) is 10.5 Å². The van der Waals surface area contributed by atoms with E-state index in [0.717, 1.165) is 0 Å². The van der Waals surface area contributed by atoms with E-state index in [-0.39, 0.29) is 5.69 Å². The third kappa shape index (κ3) is 1.76. The van der Waals surface area contributed by atoms with Crippen molar-refractivity contribution in [1.29, 1.82) is 0 Å². The van der Waals surface area contributed by atoms with Crippen LogP contribution in [0.25, 0.3) is 0 Å². The highest BCUT2D eigenvalue weighted by Crippen LogP contribution is 2.50. The van der Waals surface area contributed by atoms with Crippen LogP contribution in [-0.2, 0) is 5.54 Å². The van der Waals surface area contributed by atoms with E-state index in [9.17, 15) is 18.9 Å². The van der Waals surface area contributed by atoms with Crippen LogP contribution in [0.15, 0.2) is 24.3 Å². The van der Waals surface area contributed by atoms with E-state index in [4.69, 9.17) is 5.73 Å². The normalized spacial score (nSPS) is 21.2. The van der Waals surface area contributed by atoms with Crippen LogP contribution >= 0.6 is 0 Å². The fourth-order valence-electron chi connectivity index (χ4n) is 2.00. The molecule has 0 amide bonds. The lowest BCUT2D eigenvalue weighted by Crippen LogP contribution is -2.55. The van der Waals surface area contributed by atoms with Crippen LogP contribution in [0, 0.1) is 10.1 Å². The molecule has 0 spiro atoms. The van der Waals surface area contributed by atoms with Crippen molar-refractivity contribution >= 4 is 5.69 Å². The van der Waals surface area contributed by atoms with Gasteiger partial charge in [0.2, 0.25) is 0 Å². The Kier molecular flexibility index (Phi) is 2.20. The van der Waals surface area contributed by atoms with Crippen molar-refractivity contribution in [3.8, 4) is 0 Å². The lowest BCUT2D eigenvalue weighted by Gasteiger charge is -2.44. The van der Waals surface area contributed by atoms with E-state index in [1.54, 1.807) is 6.07 Å². The van der Waals surface area contributed by atoms with E-state index < -0.39 is 29.2 Å². The van der Waals surface area contributed by atoms with Gasteiger partial charge in [0.1, 0.15) is 0 Å². The largest absolute Gasteiger partial charge is 0.321 e. The number of nitro groups is 1. The number of hydrogen-bond donors (Lipinski definition) is 1. The molecule has 0 bridgehead atoms. The number of rotatable bonds is 2. The molecule has 0 radical (unpaired) electrons. The van der Waals surface area contributed by atoms with Gasteiger partial charge in [0, 0.05) is 25.0 Å². The maximum atomic E-state index is 12.8. The first-order valence-electron chi connectivity index (χ1n) is 4.74. The van der Waals surface area contributed by atoms with Crippen LogP contribution in [0.3, 0.4) is 0 Å². The third-order valence-corrected chi connectivity index (χ3v) is 2.78. The molecular formula is C10H10F2N2O2. The fraction of sp³-hybridized carbons (Fsp3) is 0.400. The summed E-state index contributed by atoms with van der Waals surface area (Å²) >= 11 is 0. The summed E-state index contributed by atoms with van der Waals surface area (Å²) in [5.41, 5.74) is 4.91. The molecular weight excluding hydrogens is 218 g/mol. The van der Waals surface area contributed by atoms with Crippen LogP contribution in [0.2, 0.25) is 0 Å². The third-order valence-electron chi connectivity index (χ3n) is 2.78. The van der Waals surface area contributed by atoms with Gasteiger partial charge in [-0.2, -0.15) is 0 Å². The van der Waals surface area contributed by atoms with Crippen molar-refractivity contribution in [3.63, 3.8) is 0 Å². The van der Waals surface area contributed by atoms with Crippen molar-refractivity contribution < 1.29 is 13.7 Å². The van der Waals surface area contributed by atoms with Crippen molar-refractivity contribution in [2.75, 3.05) is 0 Å². The van der Waals surface area contributed by atoms with E-state index in [1.165, 1.54) is 18.2 Å². The summed E-state index contributed by atoms with van der Waals surface area (Å²) in [6.07, 6.45) is -0.914. The highest BCUT2D eigenvalue weighted by molar-refractivity contribution is 5.39. The lowest BCUT2D eigenvalue weighted by atomic mass is 9.70. The molecule has 2 N–H and O–H groups in total. The minimum absolute atomic E-state index is 0.127. The second kappa shape index (κ2) is 3.21. The van der Waals surface area contributed by atoms with Gasteiger partial charge in [-0.25, -0.2) is 8.78 Å². The molecule has 6 heteroatoms. The van der Waals surface area contributed by atoms with Gasteiger partial charge in [0.15, 0.2) is 0 Å². The molecule has 2 rings (SSSR count). The molecule has 1 aromatic carbocycles. The number of non-ortho nitro benzene ring substituents is 1. The summed E-state index contributed by atoms with van der Waals surface area (Å²) in [6.45, 7) is 0. The summed E-state index contributed by atoms with van der Waals surface area (Å²) in [4.78, 5) is 9.96. The SMILES string of the molecule is NC1(c2cccc([N+](=O)[O-])c2)CC(F)(F)C1. The van der Waals surface area contributed by atoms with Crippen LogP contribution in [0.1, 0.15) is 18.4 Å². The number of nitrogens with two attached hydrogens (primary N) is 1. The van der Waals surface area contributed by atoms with Crippen LogP contribution in [-0.4, -0.2) is 10.8 Å². The second-order valence-electron chi connectivity index (χ2n) is 4.17.